The van der Waals surface area contributed by atoms with E-state index < -0.39 is 35.4 Å². The summed E-state index contributed by atoms with van der Waals surface area (Å²) in [5.74, 6) is -4.50. The fourth-order valence-electron chi connectivity index (χ4n) is 1.98. The van der Waals surface area contributed by atoms with E-state index in [0.29, 0.717) is 17.0 Å². The first-order chi connectivity index (χ1) is 9.49. The highest BCUT2D eigenvalue weighted by atomic mass is 19.1. The van der Waals surface area contributed by atoms with Crippen LogP contribution >= 0.6 is 0 Å². The summed E-state index contributed by atoms with van der Waals surface area (Å²) < 4.78 is 40.3. The summed E-state index contributed by atoms with van der Waals surface area (Å²) in [6, 6.07) is 0.844. The average molecular weight is 284 g/mol. The van der Waals surface area contributed by atoms with Gasteiger partial charge in [0.1, 0.15) is 17.8 Å². The molecule has 6 nitrogen and oxygen atoms in total. The summed E-state index contributed by atoms with van der Waals surface area (Å²) in [6.07, 6.45) is 0.453. The lowest BCUT2D eigenvalue weighted by atomic mass is 10.2. The number of nitrogens with zero attached hydrogens (tertiary/aromatic N) is 3. The van der Waals surface area contributed by atoms with Crippen LogP contribution < -0.4 is 10.3 Å². The molecule has 0 radical (unpaired) electrons. The van der Waals surface area contributed by atoms with E-state index in [-0.39, 0.29) is 5.82 Å². The standard InChI is InChI=1S/C11H7F3N4O2/c12-5-1-6(13)10(7(14)2-5)17-9(19)3-8-15-4-16-18(8)11(17)20/h1-4,11,20H,(H,15,16). The lowest BCUT2D eigenvalue weighted by molar-refractivity contribution is -0.120. The zero-order valence-corrected chi connectivity index (χ0v) is 9.72. The van der Waals surface area contributed by atoms with Crippen molar-refractivity contribution in [3.8, 4) is 0 Å². The molecule has 1 aromatic rings. The van der Waals surface area contributed by atoms with Crippen molar-refractivity contribution in [1.29, 1.82) is 0 Å². The number of halogens is 3. The molecule has 0 spiro atoms. The lowest BCUT2D eigenvalue weighted by Gasteiger charge is -2.37. The minimum atomic E-state index is -1.72. The van der Waals surface area contributed by atoms with E-state index in [0.717, 1.165) is 11.1 Å². The van der Waals surface area contributed by atoms with Gasteiger partial charge in [0.2, 0.25) is 6.35 Å². The molecule has 2 aliphatic rings. The summed E-state index contributed by atoms with van der Waals surface area (Å²) in [5, 5.41) is 11.0. The number of amides is 1. The third-order valence-corrected chi connectivity index (χ3v) is 2.81. The van der Waals surface area contributed by atoms with Gasteiger partial charge in [-0.05, 0) is 0 Å². The third kappa shape index (κ3) is 1.71. The van der Waals surface area contributed by atoms with Gasteiger partial charge in [-0.3, -0.25) is 15.1 Å². The third-order valence-electron chi connectivity index (χ3n) is 2.81. The van der Waals surface area contributed by atoms with Crippen LogP contribution in [0.3, 0.4) is 0 Å². The molecule has 1 unspecified atom stereocenters. The molecule has 2 aliphatic heterocycles. The van der Waals surface area contributed by atoms with E-state index in [1.807, 2.05) is 0 Å². The van der Waals surface area contributed by atoms with Crippen molar-refractivity contribution in [2.24, 2.45) is 4.99 Å². The Morgan fingerprint density at radius 3 is 2.55 bits per heavy atom. The van der Waals surface area contributed by atoms with E-state index in [4.69, 9.17) is 0 Å². The van der Waals surface area contributed by atoms with Crippen molar-refractivity contribution >= 4 is 17.9 Å². The van der Waals surface area contributed by atoms with Gasteiger partial charge in [-0.25, -0.2) is 23.2 Å². The van der Waals surface area contributed by atoms with Gasteiger partial charge < -0.3 is 5.11 Å². The van der Waals surface area contributed by atoms with Crippen molar-refractivity contribution in [3.63, 3.8) is 0 Å². The number of hydrazine groups is 1. The summed E-state index contributed by atoms with van der Waals surface area (Å²) >= 11 is 0. The topological polar surface area (TPSA) is 68.2 Å². The van der Waals surface area contributed by atoms with Crippen LogP contribution in [0.2, 0.25) is 0 Å². The number of hydrogen-bond donors (Lipinski definition) is 2. The molecule has 104 valence electrons. The lowest BCUT2D eigenvalue weighted by Crippen LogP contribution is -2.56. The molecule has 1 aromatic carbocycles. The van der Waals surface area contributed by atoms with Crippen LogP contribution in [0, 0.1) is 17.5 Å². The number of fused-ring (bicyclic) bond motifs is 1. The Hall–Kier alpha value is -2.55. The van der Waals surface area contributed by atoms with Gasteiger partial charge in [-0.15, -0.1) is 0 Å². The minimum Gasteiger partial charge on any atom is -0.355 e. The summed E-state index contributed by atoms with van der Waals surface area (Å²) in [7, 11) is 0. The number of carbonyl (C=O) groups is 1. The maximum absolute atomic E-state index is 13.7. The van der Waals surface area contributed by atoms with Gasteiger partial charge in [0.15, 0.2) is 17.5 Å². The van der Waals surface area contributed by atoms with Gasteiger partial charge in [-0.1, -0.05) is 0 Å². The number of hydrogen-bond acceptors (Lipinski definition) is 5. The van der Waals surface area contributed by atoms with E-state index in [1.165, 1.54) is 6.34 Å². The SMILES string of the molecule is O=C1C=C2N=CNN2C(O)N1c1c(F)cc(F)cc1F. The van der Waals surface area contributed by atoms with E-state index in [2.05, 4.69) is 10.4 Å². The molecule has 20 heavy (non-hydrogen) atoms. The van der Waals surface area contributed by atoms with Crippen LogP contribution in [0.5, 0.6) is 0 Å². The first-order valence-corrected chi connectivity index (χ1v) is 5.44. The van der Waals surface area contributed by atoms with Crippen LogP contribution in [0.25, 0.3) is 0 Å². The molecular formula is C11H7F3N4O2. The molecule has 0 saturated heterocycles. The second-order valence-electron chi connectivity index (χ2n) is 4.03. The number of anilines is 1. The highest BCUT2D eigenvalue weighted by Crippen LogP contribution is 2.30. The summed E-state index contributed by atoms with van der Waals surface area (Å²) in [4.78, 5) is 16.1. The molecule has 2 heterocycles. The van der Waals surface area contributed by atoms with E-state index in [1.54, 1.807) is 0 Å². The van der Waals surface area contributed by atoms with Gasteiger partial charge in [0.05, 0.1) is 0 Å². The second-order valence-corrected chi connectivity index (χ2v) is 4.03. The minimum absolute atomic E-state index is 0.0988. The normalized spacial score (nSPS) is 20.9. The molecule has 0 saturated carbocycles. The Morgan fingerprint density at radius 2 is 1.90 bits per heavy atom. The number of benzene rings is 1. The van der Waals surface area contributed by atoms with E-state index in [9.17, 15) is 23.1 Å². The van der Waals surface area contributed by atoms with Crippen LogP contribution in [0.4, 0.5) is 18.9 Å². The van der Waals surface area contributed by atoms with Crippen molar-refractivity contribution in [3.05, 3.63) is 41.5 Å². The maximum Gasteiger partial charge on any atom is 0.258 e. The van der Waals surface area contributed by atoms with Gasteiger partial charge in [0.25, 0.3) is 5.91 Å². The van der Waals surface area contributed by atoms with Crippen LogP contribution in [0.1, 0.15) is 0 Å². The number of aliphatic hydroxyl groups is 1. The zero-order chi connectivity index (χ0) is 14.4. The van der Waals surface area contributed by atoms with Crippen LogP contribution in [-0.4, -0.2) is 28.7 Å². The molecule has 0 aromatic heterocycles. The van der Waals surface area contributed by atoms with E-state index >= 15 is 0 Å². The van der Waals surface area contributed by atoms with Crippen molar-refractivity contribution in [2.75, 3.05) is 4.90 Å². The van der Waals surface area contributed by atoms with Gasteiger partial charge in [-0.2, -0.15) is 0 Å². The monoisotopic (exact) mass is 284 g/mol. The number of aliphatic imine (C=N–C) groups is 1. The first-order valence-electron chi connectivity index (χ1n) is 5.44. The molecule has 0 fully saturated rings. The van der Waals surface area contributed by atoms with Crippen LogP contribution in [-0.2, 0) is 4.79 Å². The fraction of sp³-hybridized carbons (Fsp3) is 0.0909. The predicted molar refractivity (Wildman–Crippen MR) is 61.4 cm³/mol. The molecule has 1 atom stereocenters. The molecule has 0 aliphatic carbocycles. The number of nitrogens with one attached hydrogen (secondary N) is 1. The smallest absolute Gasteiger partial charge is 0.258 e. The number of rotatable bonds is 1. The molecule has 3 rings (SSSR count). The fourth-order valence-corrected chi connectivity index (χ4v) is 1.98. The highest BCUT2D eigenvalue weighted by Gasteiger charge is 2.38. The Bertz CT molecular complexity index is 638. The Kier molecular flexibility index (Phi) is 2.64. The van der Waals surface area contributed by atoms with Gasteiger partial charge in [0, 0.05) is 18.2 Å². The molecular weight excluding hydrogens is 277 g/mol. The summed E-state index contributed by atoms with van der Waals surface area (Å²) in [5.41, 5.74) is 1.65. The highest BCUT2D eigenvalue weighted by molar-refractivity contribution is 6.03. The van der Waals surface area contributed by atoms with Crippen LogP contribution in [0.15, 0.2) is 29.0 Å². The second kappa shape index (κ2) is 4.23. The average Bonchev–Trinajstić information content (AvgIpc) is 2.80. The molecule has 0 bridgehead atoms. The Morgan fingerprint density at radius 1 is 1.25 bits per heavy atom. The molecule has 9 heteroatoms. The quantitative estimate of drug-likeness (QED) is 0.784. The predicted octanol–water partition coefficient (Wildman–Crippen LogP) is 0.416. The Balaban J connectivity index is 2.09. The first kappa shape index (κ1) is 12.5. The molecule has 2 N–H and O–H groups in total. The summed E-state index contributed by atoms with van der Waals surface area (Å²) in [6.45, 7) is 0. The van der Waals surface area contributed by atoms with Crippen molar-refractivity contribution in [1.82, 2.24) is 10.4 Å². The largest absolute Gasteiger partial charge is 0.355 e. The maximum atomic E-state index is 13.7. The van der Waals surface area contributed by atoms with Crippen molar-refractivity contribution in [2.45, 2.75) is 6.35 Å². The molecule has 1 amide bonds. The number of carbonyl (C=O) groups excluding carboxylic acids is 1. The number of aliphatic hydroxyl groups excluding tert-OH is 1. The Labute approximate surface area is 110 Å². The zero-order valence-electron chi connectivity index (χ0n) is 9.72. The van der Waals surface area contributed by atoms with Gasteiger partial charge >= 0.3 is 0 Å². The van der Waals surface area contributed by atoms with Crippen molar-refractivity contribution < 1.29 is 23.1 Å².